The largest absolute Gasteiger partial charge is 0.478 e. The monoisotopic (exact) mass is 200 g/mol. The molecule has 0 aromatic rings. The topological polar surface area (TPSA) is 55.8 Å². The first-order valence-electron chi connectivity index (χ1n) is 4.80. The van der Waals surface area contributed by atoms with E-state index >= 15 is 0 Å². The number of rotatable bonds is 6. The zero-order valence-electron chi connectivity index (χ0n) is 8.20. The summed E-state index contributed by atoms with van der Waals surface area (Å²) in [5.74, 6) is -0.953. The third kappa shape index (κ3) is 3.89. The summed E-state index contributed by atoms with van der Waals surface area (Å²) in [5, 5.41) is 8.51. The Balaban J connectivity index is 1.98. The highest BCUT2D eigenvalue weighted by atomic mass is 16.5. The van der Waals surface area contributed by atoms with E-state index in [0.29, 0.717) is 19.6 Å². The number of hydrogen-bond donors (Lipinski definition) is 1. The first kappa shape index (κ1) is 11.2. The van der Waals surface area contributed by atoms with Gasteiger partial charge in [-0.1, -0.05) is 6.58 Å². The molecule has 14 heavy (non-hydrogen) atoms. The van der Waals surface area contributed by atoms with E-state index in [1.165, 1.54) is 0 Å². The quantitative estimate of drug-likeness (QED) is 0.517. The fourth-order valence-corrected chi connectivity index (χ4v) is 1.29. The minimum atomic E-state index is -0.953. The van der Waals surface area contributed by atoms with Gasteiger partial charge in [0.25, 0.3) is 0 Å². The molecule has 1 aliphatic heterocycles. The van der Waals surface area contributed by atoms with E-state index in [9.17, 15) is 4.79 Å². The second kappa shape index (κ2) is 5.78. The normalized spacial score (nSPS) is 21.0. The van der Waals surface area contributed by atoms with E-state index in [-0.39, 0.29) is 11.7 Å². The summed E-state index contributed by atoms with van der Waals surface area (Å²) >= 11 is 0. The Morgan fingerprint density at radius 3 is 3.00 bits per heavy atom. The Bertz CT molecular complexity index is 206. The van der Waals surface area contributed by atoms with E-state index in [1.807, 2.05) is 0 Å². The van der Waals surface area contributed by atoms with Crippen molar-refractivity contribution in [2.45, 2.75) is 25.4 Å². The van der Waals surface area contributed by atoms with Crippen LogP contribution in [0.3, 0.4) is 0 Å². The van der Waals surface area contributed by atoms with Crippen molar-refractivity contribution in [3.63, 3.8) is 0 Å². The summed E-state index contributed by atoms with van der Waals surface area (Å²) in [7, 11) is 0. The number of ether oxygens (including phenoxy) is 2. The molecular weight excluding hydrogens is 184 g/mol. The first-order chi connectivity index (χ1) is 6.70. The molecule has 0 amide bonds. The molecule has 1 rings (SSSR count). The predicted octanol–water partition coefficient (Wildman–Crippen LogP) is 1.21. The number of hydrogen-bond acceptors (Lipinski definition) is 3. The van der Waals surface area contributed by atoms with Gasteiger partial charge in [0, 0.05) is 18.6 Å². The average molecular weight is 200 g/mol. The Morgan fingerprint density at radius 2 is 2.43 bits per heavy atom. The summed E-state index contributed by atoms with van der Waals surface area (Å²) in [6.45, 7) is 5.20. The molecule has 1 heterocycles. The third-order valence-electron chi connectivity index (χ3n) is 2.18. The highest BCUT2D eigenvalue weighted by Crippen LogP contribution is 2.12. The Hall–Kier alpha value is -0.870. The van der Waals surface area contributed by atoms with Gasteiger partial charge in [-0.25, -0.2) is 4.79 Å². The van der Waals surface area contributed by atoms with Crippen LogP contribution in [0, 0.1) is 0 Å². The van der Waals surface area contributed by atoms with Crippen LogP contribution in [0.25, 0.3) is 0 Å². The van der Waals surface area contributed by atoms with Gasteiger partial charge in [0.05, 0.1) is 19.3 Å². The highest BCUT2D eigenvalue weighted by molar-refractivity contribution is 5.85. The second-order valence-corrected chi connectivity index (χ2v) is 3.37. The standard InChI is InChI=1S/C10H16O4/c1-8(10(11)12)4-6-13-7-9-3-2-5-14-9/h9H,1-7H2,(H,11,12). The fraction of sp³-hybridized carbons (Fsp3) is 0.700. The molecule has 0 saturated carbocycles. The van der Waals surface area contributed by atoms with Crippen LogP contribution in [0.1, 0.15) is 19.3 Å². The summed E-state index contributed by atoms with van der Waals surface area (Å²) in [6.07, 6.45) is 2.71. The van der Waals surface area contributed by atoms with Gasteiger partial charge in [-0.05, 0) is 12.8 Å². The van der Waals surface area contributed by atoms with E-state index in [4.69, 9.17) is 14.6 Å². The lowest BCUT2D eigenvalue weighted by Crippen LogP contribution is -2.15. The molecule has 1 saturated heterocycles. The van der Waals surface area contributed by atoms with Gasteiger partial charge in [-0.2, -0.15) is 0 Å². The first-order valence-corrected chi connectivity index (χ1v) is 4.80. The minimum Gasteiger partial charge on any atom is -0.478 e. The maximum absolute atomic E-state index is 10.4. The molecule has 80 valence electrons. The molecule has 0 radical (unpaired) electrons. The van der Waals surface area contributed by atoms with Crippen molar-refractivity contribution in [1.29, 1.82) is 0 Å². The SMILES string of the molecule is C=C(CCOCC1CCCO1)C(=O)O. The summed E-state index contributed by atoms with van der Waals surface area (Å²) < 4.78 is 10.6. The lowest BCUT2D eigenvalue weighted by atomic mass is 10.2. The predicted molar refractivity (Wildman–Crippen MR) is 51.2 cm³/mol. The van der Waals surface area contributed by atoms with Crippen molar-refractivity contribution < 1.29 is 19.4 Å². The van der Waals surface area contributed by atoms with Gasteiger partial charge in [-0.15, -0.1) is 0 Å². The van der Waals surface area contributed by atoms with Crippen LogP contribution >= 0.6 is 0 Å². The van der Waals surface area contributed by atoms with Crippen LogP contribution in [-0.2, 0) is 14.3 Å². The third-order valence-corrected chi connectivity index (χ3v) is 2.18. The van der Waals surface area contributed by atoms with E-state index < -0.39 is 5.97 Å². The highest BCUT2D eigenvalue weighted by Gasteiger charge is 2.15. The van der Waals surface area contributed by atoms with E-state index in [0.717, 1.165) is 19.4 Å². The Morgan fingerprint density at radius 1 is 1.64 bits per heavy atom. The van der Waals surface area contributed by atoms with Crippen LogP contribution in [0.5, 0.6) is 0 Å². The molecule has 0 aromatic carbocycles. The number of carbonyl (C=O) groups is 1. The molecule has 4 nitrogen and oxygen atoms in total. The van der Waals surface area contributed by atoms with Gasteiger partial charge >= 0.3 is 5.97 Å². The fourth-order valence-electron chi connectivity index (χ4n) is 1.29. The van der Waals surface area contributed by atoms with Crippen molar-refractivity contribution in [3.05, 3.63) is 12.2 Å². The van der Waals surface area contributed by atoms with Crippen LogP contribution in [0.2, 0.25) is 0 Å². The molecule has 0 bridgehead atoms. The number of carboxylic acid groups (broad SMARTS) is 1. The van der Waals surface area contributed by atoms with Crippen molar-refractivity contribution in [1.82, 2.24) is 0 Å². The van der Waals surface area contributed by atoms with Gasteiger partial charge in [-0.3, -0.25) is 0 Å². The van der Waals surface area contributed by atoms with E-state index in [2.05, 4.69) is 6.58 Å². The molecule has 0 aliphatic carbocycles. The zero-order valence-corrected chi connectivity index (χ0v) is 8.20. The molecule has 0 aromatic heterocycles. The lowest BCUT2D eigenvalue weighted by Gasteiger charge is -2.09. The van der Waals surface area contributed by atoms with Crippen LogP contribution in [0.15, 0.2) is 12.2 Å². The minimum absolute atomic E-state index is 0.192. The molecule has 4 heteroatoms. The Labute approximate surface area is 83.5 Å². The summed E-state index contributed by atoms with van der Waals surface area (Å²) in [4.78, 5) is 10.4. The number of aliphatic carboxylic acids is 1. The molecule has 1 atom stereocenters. The molecule has 0 spiro atoms. The second-order valence-electron chi connectivity index (χ2n) is 3.37. The van der Waals surface area contributed by atoms with E-state index in [1.54, 1.807) is 0 Å². The van der Waals surface area contributed by atoms with Crippen LogP contribution < -0.4 is 0 Å². The lowest BCUT2D eigenvalue weighted by molar-refractivity contribution is -0.132. The molecule has 1 unspecified atom stereocenters. The van der Waals surface area contributed by atoms with Crippen LogP contribution in [0.4, 0.5) is 0 Å². The molecule has 1 fully saturated rings. The van der Waals surface area contributed by atoms with Crippen LogP contribution in [-0.4, -0.2) is 37.0 Å². The van der Waals surface area contributed by atoms with Gasteiger partial charge < -0.3 is 14.6 Å². The molecule has 1 N–H and O–H groups in total. The van der Waals surface area contributed by atoms with Gasteiger partial charge in [0.15, 0.2) is 0 Å². The maximum atomic E-state index is 10.4. The molecular formula is C10H16O4. The smallest absolute Gasteiger partial charge is 0.331 e. The molecule has 1 aliphatic rings. The summed E-state index contributed by atoms with van der Waals surface area (Å²) in [6, 6.07) is 0. The van der Waals surface area contributed by atoms with Gasteiger partial charge in [0.1, 0.15) is 0 Å². The average Bonchev–Trinajstić information content (AvgIpc) is 2.64. The van der Waals surface area contributed by atoms with Gasteiger partial charge in [0.2, 0.25) is 0 Å². The maximum Gasteiger partial charge on any atom is 0.331 e. The van der Waals surface area contributed by atoms with Crippen molar-refractivity contribution >= 4 is 5.97 Å². The Kier molecular flexibility index (Phi) is 4.62. The summed E-state index contributed by atoms with van der Waals surface area (Å²) in [5.41, 5.74) is 0.192. The van der Waals surface area contributed by atoms with Crippen molar-refractivity contribution in [3.8, 4) is 0 Å². The van der Waals surface area contributed by atoms with Crippen molar-refractivity contribution in [2.75, 3.05) is 19.8 Å². The zero-order chi connectivity index (χ0) is 10.4. The number of carboxylic acids is 1. The van der Waals surface area contributed by atoms with Crippen molar-refractivity contribution in [2.24, 2.45) is 0 Å².